The molecule has 1 aromatic heterocycles. The molecular weight excluding hydrogens is 293 g/mol. The minimum absolute atomic E-state index is 0.149. The third kappa shape index (κ3) is 3.54. The Balaban J connectivity index is 2.26. The van der Waals surface area contributed by atoms with Crippen LogP contribution in [0, 0.1) is 0 Å². The molecule has 1 N–H and O–H groups in total. The van der Waals surface area contributed by atoms with Crippen molar-refractivity contribution in [2.24, 2.45) is 0 Å². The molecule has 1 unspecified atom stereocenters. The summed E-state index contributed by atoms with van der Waals surface area (Å²) in [7, 11) is 0. The van der Waals surface area contributed by atoms with Crippen molar-refractivity contribution in [3.63, 3.8) is 0 Å². The van der Waals surface area contributed by atoms with Gasteiger partial charge < -0.3 is 5.32 Å². The highest BCUT2D eigenvalue weighted by Crippen LogP contribution is 2.26. The molecule has 3 nitrogen and oxygen atoms in total. The SMILES string of the molecule is CCNC(Cc1ccc(Cl)cc1)c1c(Cl)cnn1CC. The third-order valence-corrected chi connectivity index (χ3v) is 3.81. The quantitative estimate of drug-likeness (QED) is 0.870. The zero-order valence-corrected chi connectivity index (χ0v) is 13.2. The van der Waals surface area contributed by atoms with Gasteiger partial charge in [0, 0.05) is 11.6 Å². The van der Waals surface area contributed by atoms with Crippen molar-refractivity contribution in [2.45, 2.75) is 32.9 Å². The number of aromatic nitrogens is 2. The predicted octanol–water partition coefficient (Wildman–Crippen LogP) is 4.10. The largest absolute Gasteiger partial charge is 0.309 e. The van der Waals surface area contributed by atoms with Crippen LogP contribution in [0.25, 0.3) is 0 Å². The van der Waals surface area contributed by atoms with Crippen LogP contribution in [0.4, 0.5) is 0 Å². The minimum Gasteiger partial charge on any atom is -0.309 e. The molecule has 0 saturated heterocycles. The average Bonchev–Trinajstić information content (AvgIpc) is 2.82. The lowest BCUT2D eigenvalue weighted by Crippen LogP contribution is -2.26. The van der Waals surface area contributed by atoms with Crippen molar-refractivity contribution in [2.75, 3.05) is 6.54 Å². The number of benzene rings is 1. The van der Waals surface area contributed by atoms with Crippen LogP contribution in [-0.4, -0.2) is 16.3 Å². The fourth-order valence-electron chi connectivity index (χ4n) is 2.34. The van der Waals surface area contributed by atoms with Crippen molar-refractivity contribution < 1.29 is 0 Å². The first-order chi connectivity index (χ1) is 9.65. The van der Waals surface area contributed by atoms with E-state index in [1.807, 2.05) is 28.9 Å². The summed E-state index contributed by atoms with van der Waals surface area (Å²) in [6.45, 7) is 5.85. The van der Waals surface area contributed by atoms with E-state index < -0.39 is 0 Å². The van der Waals surface area contributed by atoms with E-state index in [0.717, 1.165) is 30.2 Å². The number of aryl methyl sites for hydroxylation is 1. The molecule has 0 amide bonds. The van der Waals surface area contributed by atoms with Crippen molar-refractivity contribution in [1.82, 2.24) is 15.1 Å². The molecule has 5 heteroatoms. The van der Waals surface area contributed by atoms with Gasteiger partial charge in [-0.1, -0.05) is 42.3 Å². The average molecular weight is 312 g/mol. The molecule has 0 bridgehead atoms. The Labute approximate surface area is 129 Å². The van der Waals surface area contributed by atoms with Gasteiger partial charge >= 0.3 is 0 Å². The fraction of sp³-hybridized carbons (Fsp3) is 0.400. The second-order valence-electron chi connectivity index (χ2n) is 4.63. The highest BCUT2D eigenvalue weighted by Gasteiger charge is 2.19. The highest BCUT2D eigenvalue weighted by molar-refractivity contribution is 6.31. The lowest BCUT2D eigenvalue weighted by Gasteiger charge is -2.20. The molecule has 0 radical (unpaired) electrons. The number of rotatable bonds is 6. The van der Waals surface area contributed by atoms with Crippen LogP contribution >= 0.6 is 23.2 Å². The van der Waals surface area contributed by atoms with Crippen LogP contribution in [0.5, 0.6) is 0 Å². The molecule has 0 aliphatic heterocycles. The Hall–Kier alpha value is -1.03. The Kier molecular flexibility index (Phi) is 5.46. The van der Waals surface area contributed by atoms with Gasteiger partial charge in [0.25, 0.3) is 0 Å². The molecule has 1 heterocycles. The monoisotopic (exact) mass is 311 g/mol. The van der Waals surface area contributed by atoms with Crippen LogP contribution in [0.3, 0.4) is 0 Å². The van der Waals surface area contributed by atoms with Gasteiger partial charge in [0.1, 0.15) is 0 Å². The van der Waals surface area contributed by atoms with Crippen LogP contribution < -0.4 is 5.32 Å². The molecule has 2 rings (SSSR count). The molecule has 20 heavy (non-hydrogen) atoms. The maximum atomic E-state index is 6.30. The zero-order chi connectivity index (χ0) is 14.5. The second kappa shape index (κ2) is 7.11. The van der Waals surface area contributed by atoms with E-state index in [1.165, 1.54) is 5.56 Å². The maximum Gasteiger partial charge on any atom is 0.0834 e. The summed E-state index contributed by atoms with van der Waals surface area (Å²) in [5.41, 5.74) is 2.27. The molecular formula is C15H19Cl2N3. The van der Waals surface area contributed by atoms with Gasteiger partial charge in [-0.05, 0) is 37.6 Å². The van der Waals surface area contributed by atoms with E-state index in [4.69, 9.17) is 23.2 Å². The summed E-state index contributed by atoms with van der Waals surface area (Å²) in [6, 6.07) is 8.08. The molecule has 0 aliphatic rings. The Bertz CT molecular complexity index is 549. The maximum absolute atomic E-state index is 6.30. The van der Waals surface area contributed by atoms with Crippen LogP contribution in [0.15, 0.2) is 30.5 Å². The molecule has 108 valence electrons. The first-order valence-corrected chi connectivity index (χ1v) is 7.60. The topological polar surface area (TPSA) is 29.9 Å². The fourth-order valence-corrected chi connectivity index (χ4v) is 2.74. The first kappa shape index (κ1) is 15.4. The Morgan fingerprint density at radius 2 is 1.90 bits per heavy atom. The van der Waals surface area contributed by atoms with Gasteiger partial charge in [-0.3, -0.25) is 4.68 Å². The van der Waals surface area contributed by atoms with E-state index in [-0.39, 0.29) is 6.04 Å². The lowest BCUT2D eigenvalue weighted by molar-refractivity contribution is 0.490. The Morgan fingerprint density at radius 3 is 2.50 bits per heavy atom. The summed E-state index contributed by atoms with van der Waals surface area (Å²) < 4.78 is 1.95. The van der Waals surface area contributed by atoms with E-state index >= 15 is 0 Å². The second-order valence-corrected chi connectivity index (χ2v) is 5.48. The number of hydrogen-bond acceptors (Lipinski definition) is 2. The van der Waals surface area contributed by atoms with Gasteiger partial charge in [-0.15, -0.1) is 0 Å². The number of nitrogens with zero attached hydrogens (tertiary/aromatic N) is 2. The molecule has 1 aromatic carbocycles. The van der Waals surface area contributed by atoms with Crippen molar-refractivity contribution in [3.05, 3.63) is 51.8 Å². The summed E-state index contributed by atoms with van der Waals surface area (Å²) in [5, 5.41) is 9.27. The smallest absolute Gasteiger partial charge is 0.0834 e. The van der Waals surface area contributed by atoms with E-state index in [9.17, 15) is 0 Å². The van der Waals surface area contributed by atoms with Crippen molar-refractivity contribution in [1.29, 1.82) is 0 Å². The third-order valence-electron chi connectivity index (χ3n) is 3.27. The van der Waals surface area contributed by atoms with Gasteiger partial charge in [0.2, 0.25) is 0 Å². The summed E-state index contributed by atoms with van der Waals surface area (Å²) in [4.78, 5) is 0. The van der Waals surface area contributed by atoms with E-state index in [2.05, 4.69) is 24.3 Å². The Morgan fingerprint density at radius 1 is 1.20 bits per heavy atom. The van der Waals surface area contributed by atoms with Crippen LogP contribution in [-0.2, 0) is 13.0 Å². The molecule has 1 atom stereocenters. The summed E-state index contributed by atoms with van der Waals surface area (Å²) in [6.07, 6.45) is 2.57. The summed E-state index contributed by atoms with van der Waals surface area (Å²) in [5.74, 6) is 0. The number of halogens is 2. The molecule has 2 aromatic rings. The molecule has 0 aliphatic carbocycles. The normalized spacial score (nSPS) is 12.6. The van der Waals surface area contributed by atoms with Crippen molar-refractivity contribution >= 4 is 23.2 Å². The van der Waals surface area contributed by atoms with Crippen molar-refractivity contribution in [3.8, 4) is 0 Å². The van der Waals surface area contributed by atoms with E-state index in [1.54, 1.807) is 6.20 Å². The molecule has 0 fully saturated rings. The molecule has 0 saturated carbocycles. The van der Waals surface area contributed by atoms with Gasteiger partial charge in [-0.25, -0.2) is 0 Å². The predicted molar refractivity (Wildman–Crippen MR) is 84.5 cm³/mol. The number of hydrogen-bond donors (Lipinski definition) is 1. The van der Waals surface area contributed by atoms with E-state index in [0.29, 0.717) is 5.02 Å². The van der Waals surface area contributed by atoms with Crippen LogP contribution in [0.2, 0.25) is 10.0 Å². The lowest BCUT2D eigenvalue weighted by atomic mass is 10.0. The standard InChI is InChI=1S/C15H19Cl2N3/c1-3-18-14(9-11-5-7-12(16)8-6-11)15-13(17)10-19-20(15)4-2/h5-8,10,14,18H,3-4,9H2,1-2H3. The number of nitrogens with one attached hydrogen (secondary N) is 1. The minimum atomic E-state index is 0.149. The highest BCUT2D eigenvalue weighted by atomic mass is 35.5. The van der Waals surface area contributed by atoms with Crippen LogP contribution in [0.1, 0.15) is 31.1 Å². The zero-order valence-electron chi connectivity index (χ0n) is 11.7. The van der Waals surface area contributed by atoms with Gasteiger partial charge in [0.15, 0.2) is 0 Å². The number of likely N-dealkylation sites (N-methyl/N-ethyl adjacent to an activating group) is 1. The van der Waals surface area contributed by atoms with Gasteiger partial charge in [0.05, 0.1) is 23.0 Å². The first-order valence-electron chi connectivity index (χ1n) is 6.84. The summed E-state index contributed by atoms with van der Waals surface area (Å²) >= 11 is 12.2. The molecule has 0 spiro atoms. The van der Waals surface area contributed by atoms with Gasteiger partial charge in [-0.2, -0.15) is 5.10 Å².